The lowest BCUT2D eigenvalue weighted by atomic mass is 10.2. The maximum Gasteiger partial charge on any atom is 0.278 e. The number of nitrogens with one attached hydrogen (secondary N) is 1. The summed E-state index contributed by atoms with van der Waals surface area (Å²) >= 11 is 1.39. The Morgan fingerprint density at radius 3 is 2.41 bits per heavy atom. The van der Waals surface area contributed by atoms with Crippen LogP contribution in [-0.2, 0) is 16.6 Å². The zero-order valence-electron chi connectivity index (χ0n) is 14.7. The zero-order chi connectivity index (χ0) is 19.3. The van der Waals surface area contributed by atoms with Crippen molar-refractivity contribution in [2.75, 3.05) is 14.2 Å². The Balaban J connectivity index is 1.66. The number of methoxy groups -OCH3 is 2. The van der Waals surface area contributed by atoms with Gasteiger partial charge in [-0.05, 0) is 29.8 Å². The van der Waals surface area contributed by atoms with Crippen LogP contribution in [0.15, 0.2) is 58.9 Å². The number of nitrogens with zero attached hydrogens (tertiary/aromatic N) is 1. The van der Waals surface area contributed by atoms with Crippen molar-refractivity contribution in [3.05, 3.63) is 59.6 Å². The van der Waals surface area contributed by atoms with Crippen LogP contribution in [0.5, 0.6) is 22.4 Å². The van der Waals surface area contributed by atoms with Gasteiger partial charge in [-0.3, -0.25) is 0 Å². The molecule has 0 atom stereocenters. The predicted molar refractivity (Wildman–Crippen MR) is 102 cm³/mol. The van der Waals surface area contributed by atoms with E-state index in [1.807, 2.05) is 5.38 Å². The van der Waals surface area contributed by atoms with Crippen molar-refractivity contribution in [3.8, 4) is 22.4 Å². The summed E-state index contributed by atoms with van der Waals surface area (Å²) < 4.78 is 43.5. The lowest BCUT2D eigenvalue weighted by Gasteiger charge is -2.11. The molecule has 0 bridgehead atoms. The molecule has 0 spiro atoms. The molecule has 0 radical (unpaired) electrons. The molecule has 0 aliphatic rings. The van der Waals surface area contributed by atoms with Crippen LogP contribution in [0.25, 0.3) is 0 Å². The van der Waals surface area contributed by atoms with Crippen molar-refractivity contribution < 1.29 is 22.6 Å². The standard InChI is InChI=1S/C18H18N2O5S2/c1-23-16-8-7-15(11-17(16)24-2)27(21,22)20-12-13-3-5-14(6-4-13)25-18-19-9-10-26-18/h3-11,20H,12H2,1-2H3. The molecule has 1 aromatic heterocycles. The molecule has 1 N–H and O–H groups in total. The molecule has 7 nitrogen and oxygen atoms in total. The van der Waals surface area contributed by atoms with Gasteiger partial charge in [-0.2, -0.15) is 0 Å². The Morgan fingerprint density at radius 1 is 1.04 bits per heavy atom. The van der Waals surface area contributed by atoms with E-state index in [1.54, 1.807) is 36.5 Å². The first kappa shape index (κ1) is 19.2. The fourth-order valence-electron chi connectivity index (χ4n) is 2.28. The molecule has 0 amide bonds. The monoisotopic (exact) mass is 406 g/mol. The fraction of sp³-hybridized carbons (Fsp3) is 0.167. The highest BCUT2D eigenvalue weighted by Crippen LogP contribution is 2.29. The molecule has 1 heterocycles. The van der Waals surface area contributed by atoms with Crippen LogP contribution >= 0.6 is 11.3 Å². The molecule has 0 saturated carbocycles. The van der Waals surface area contributed by atoms with Gasteiger partial charge in [0.15, 0.2) is 11.5 Å². The number of aromatic nitrogens is 1. The highest BCUT2D eigenvalue weighted by Gasteiger charge is 2.16. The van der Waals surface area contributed by atoms with Crippen LogP contribution in [0.4, 0.5) is 0 Å². The average molecular weight is 406 g/mol. The predicted octanol–water partition coefficient (Wildman–Crippen LogP) is 3.43. The first-order valence-electron chi connectivity index (χ1n) is 7.90. The van der Waals surface area contributed by atoms with Gasteiger partial charge in [0.05, 0.1) is 19.1 Å². The molecule has 0 fully saturated rings. The van der Waals surface area contributed by atoms with E-state index in [1.165, 1.54) is 37.7 Å². The third-order valence-corrected chi connectivity index (χ3v) is 5.72. The van der Waals surface area contributed by atoms with Crippen LogP contribution in [0.2, 0.25) is 0 Å². The molecular formula is C18H18N2O5S2. The first-order chi connectivity index (χ1) is 13.0. The Morgan fingerprint density at radius 2 is 1.78 bits per heavy atom. The van der Waals surface area contributed by atoms with E-state index in [0.29, 0.717) is 22.4 Å². The Hall–Kier alpha value is -2.62. The minimum Gasteiger partial charge on any atom is -0.493 e. The molecule has 0 aliphatic carbocycles. The molecule has 9 heteroatoms. The van der Waals surface area contributed by atoms with Gasteiger partial charge >= 0.3 is 0 Å². The van der Waals surface area contributed by atoms with Gasteiger partial charge in [0, 0.05) is 24.2 Å². The normalized spacial score (nSPS) is 11.2. The average Bonchev–Trinajstić information content (AvgIpc) is 3.20. The minimum absolute atomic E-state index is 0.101. The largest absolute Gasteiger partial charge is 0.493 e. The van der Waals surface area contributed by atoms with Gasteiger partial charge < -0.3 is 14.2 Å². The van der Waals surface area contributed by atoms with E-state index in [0.717, 1.165) is 5.56 Å². The smallest absolute Gasteiger partial charge is 0.278 e. The number of hydrogen-bond donors (Lipinski definition) is 1. The van der Waals surface area contributed by atoms with Crippen molar-refractivity contribution in [3.63, 3.8) is 0 Å². The quantitative estimate of drug-likeness (QED) is 0.617. The Bertz CT molecular complexity index is 987. The van der Waals surface area contributed by atoms with Crippen molar-refractivity contribution in [1.29, 1.82) is 0 Å². The lowest BCUT2D eigenvalue weighted by Crippen LogP contribution is -2.23. The third-order valence-electron chi connectivity index (χ3n) is 3.67. The van der Waals surface area contributed by atoms with E-state index >= 15 is 0 Å². The Labute approximate surface area is 161 Å². The van der Waals surface area contributed by atoms with E-state index in [2.05, 4.69) is 9.71 Å². The second-order valence-electron chi connectivity index (χ2n) is 5.39. The maximum absolute atomic E-state index is 12.5. The summed E-state index contributed by atoms with van der Waals surface area (Å²) in [6.45, 7) is 0.147. The SMILES string of the molecule is COc1ccc(S(=O)(=O)NCc2ccc(Oc3nccs3)cc2)cc1OC. The summed E-state index contributed by atoms with van der Waals surface area (Å²) in [4.78, 5) is 4.15. The summed E-state index contributed by atoms with van der Waals surface area (Å²) in [7, 11) is -0.745. The van der Waals surface area contributed by atoms with Gasteiger partial charge in [0.25, 0.3) is 5.19 Å². The van der Waals surface area contributed by atoms with E-state index in [4.69, 9.17) is 14.2 Å². The van der Waals surface area contributed by atoms with Crippen molar-refractivity contribution >= 4 is 21.4 Å². The molecule has 0 unspecified atom stereocenters. The van der Waals surface area contributed by atoms with Gasteiger partial charge in [-0.15, -0.1) is 0 Å². The van der Waals surface area contributed by atoms with Crippen molar-refractivity contribution in [2.45, 2.75) is 11.4 Å². The van der Waals surface area contributed by atoms with E-state index < -0.39 is 10.0 Å². The number of thiazole rings is 1. The molecule has 142 valence electrons. The summed E-state index contributed by atoms with van der Waals surface area (Å²) in [6, 6.07) is 11.6. The van der Waals surface area contributed by atoms with Crippen LogP contribution in [-0.4, -0.2) is 27.6 Å². The van der Waals surface area contributed by atoms with Gasteiger partial charge in [-0.1, -0.05) is 23.5 Å². The number of hydrogen-bond acceptors (Lipinski definition) is 7. The number of ether oxygens (including phenoxy) is 3. The molecule has 27 heavy (non-hydrogen) atoms. The second-order valence-corrected chi connectivity index (χ2v) is 8.01. The van der Waals surface area contributed by atoms with Crippen LogP contribution in [0, 0.1) is 0 Å². The molecule has 2 aromatic carbocycles. The Kier molecular flexibility index (Phi) is 5.94. The summed E-state index contributed by atoms with van der Waals surface area (Å²) in [5.41, 5.74) is 0.797. The second kappa shape index (κ2) is 8.38. The molecule has 0 saturated heterocycles. The van der Waals surface area contributed by atoms with E-state index in [9.17, 15) is 8.42 Å². The van der Waals surface area contributed by atoms with Crippen molar-refractivity contribution in [2.24, 2.45) is 0 Å². The first-order valence-corrected chi connectivity index (χ1v) is 10.3. The number of rotatable bonds is 8. The van der Waals surface area contributed by atoms with Crippen LogP contribution in [0.3, 0.4) is 0 Å². The summed E-state index contributed by atoms with van der Waals surface area (Å²) in [5.74, 6) is 1.45. The molecule has 0 aliphatic heterocycles. The minimum atomic E-state index is -3.69. The summed E-state index contributed by atoms with van der Waals surface area (Å²) in [6.07, 6.45) is 1.66. The molecule has 3 rings (SSSR count). The highest BCUT2D eigenvalue weighted by molar-refractivity contribution is 7.89. The van der Waals surface area contributed by atoms with Crippen molar-refractivity contribution in [1.82, 2.24) is 9.71 Å². The molecular weight excluding hydrogens is 388 g/mol. The number of sulfonamides is 1. The summed E-state index contributed by atoms with van der Waals surface area (Å²) in [5, 5.41) is 2.38. The van der Waals surface area contributed by atoms with Gasteiger partial charge in [-0.25, -0.2) is 18.1 Å². The topological polar surface area (TPSA) is 86.8 Å². The number of benzene rings is 2. The fourth-order valence-corrected chi connectivity index (χ4v) is 3.82. The maximum atomic E-state index is 12.5. The molecule has 3 aromatic rings. The third kappa shape index (κ3) is 4.76. The van der Waals surface area contributed by atoms with Gasteiger partial charge in [0.2, 0.25) is 10.0 Å². The van der Waals surface area contributed by atoms with Crippen LogP contribution < -0.4 is 18.9 Å². The highest BCUT2D eigenvalue weighted by atomic mass is 32.2. The van der Waals surface area contributed by atoms with E-state index in [-0.39, 0.29) is 11.4 Å². The van der Waals surface area contributed by atoms with Crippen LogP contribution in [0.1, 0.15) is 5.56 Å². The zero-order valence-corrected chi connectivity index (χ0v) is 16.3. The van der Waals surface area contributed by atoms with Gasteiger partial charge in [0.1, 0.15) is 5.75 Å². The lowest BCUT2D eigenvalue weighted by molar-refractivity contribution is 0.354.